The minimum absolute atomic E-state index is 0. The van der Waals surface area contributed by atoms with E-state index >= 15 is 0 Å². The van der Waals surface area contributed by atoms with Crippen molar-refractivity contribution in [3.05, 3.63) is 33.4 Å². The summed E-state index contributed by atoms with van der Waals surface area (Å²) < 4.78 is 27.1. The highest BCUT2D eigenvalue weighted by atomic mass is 35.5. The maximum absolute atomic E-state index is 12.9. The van der Waals surface area contributed by atoms with Crippen molar-refractivity contribution in [3.63, 3.8) is 0 Å². The second kappa shape index (κ2) is 7.57. The number of nitrogens with zero attached hydrogens (tertiary/aromatic N) is 2. The molecule has 1 unspecified atom stereocenters. The summed E-state index contributed by atoms with van der Waals surface area (Å²) >= 11 is 0. The maximum atomic E-state index is 12.9. The van der Waals surface area contributed by atoms with E-state index in [-0.39, 0.29) is 28.9 Å². The molecular weight excluding hydrogens is 342 g/mol. The van der Waals surface area contributed by atoms with Gasteiger partial charge in [-0.2, -0.15) is 4.31 Å². The molecular formula is C14H22ClN3O4S. The van der Waals surface area contributed by atoms with Crippen LogP contribution in [0.5, 0.6) is 0 Å². The van der Waals surface area contributed by atoms with Crippen LogP contribution in [0.1, 0.15) is 17.5 Å². The number of aryl methyl sites for hydroxylation is 2. The molecule has 0 bridgehead atoms. The quantitative estimate of drug-likeness (QED) is 0.636. The van der Waals surface area contributed by atoms with Crippen LogP contribution in [0.2, 0.25) is 0 Å². The van der Waals surface area contributed by atoms with Crippen molar-refractivity contribution in [2.75, 3.05) is 26.7 Å². The van der Waals surface area contributed by atoms with E-state index in [2.05, 4.69) is 5.32 Å². The number of halogens is 1. The molecule has 1 aromatic rings. The Bertz CT molecular complexity index is 694. The molecule has 1 N–H and O–H groups in total. The van der Waals surface area contributed by atoms with E-state index in [0.29, 0.717) is 24.2 Å². The summed E-state index contributed by atoms with van der Waals surface area (Å²) in [5.41, 5.74) is 0.464. The highest BCUT2D eigenvalue weighted by Gasteiger charge is 2.38. The molecule has 9 heteroatoms. The molecule has 0 saturated carbocycles. The van der Waals surface area contributed by atoms with Crippen LogP contribution >= 0.6 is 12.4 Å². The summed E-state index contributed by atoms with van der Waals surface area (Å²) in [6.45, 7) is 4.69. The number of hydrogen-bond donors (Lipinski definition) is 1. The zero-order valence-electron chi connectivity index (χ0n) is 13.4. The van der Waals surface area contributed by atoms with Crippen molar-refractivity contribution in [2.45, 2.75) is 25.2 Å². The first-order valence-electron chi connectivity index (χ1n) is 7.18. The summed E-state index contributed by atoms with van der Waals surface area (Å²) in [5.74, 6) is 0.240. The highest BCUT2D eigenvalue weighted by Crippen LogP contribution is 2.34. The number of benzene rings is 1. The summed E-state index contributed by atoms with van der Waals surface area (Å²) in [5, 5.41) is 14.4. The molecule has 0 aromatic heterocycles. The first kappa shape index (κ1) is 19.8. The molecule has 7 nitrogen and oxygen atoms in total. The zero-order valence-corrected chi connectivity index (χ0v) is 15.0. The summed E-state index contributed by atoms with van der Waals surface area (Å²) in [6.07, 6.45) is 0.763. The fraction of sp³-hybridized carbons (Fsp3) is 0.571. The first-order chi connectivity index (χ1) is 10.3. The molecule has 2 rings (SSSR count). The van der Waals surface area contributed by atoms with E-state index < -0.39 is 14.9 Å². The van der Waals surface area contributed by atoms with Crippen LogP contribution in [0.4, 0.5) is 5.69 Å². The number of hydrogen-bond acceptors (Lipinski definition) is 5. The molecule has 0 radical (unpaired) electrons. The average molecular weight is 364 g/mol. The maximum Gasteiger partial charge on any atom is 0.292 e. The van der Waals surface area contributed by atoms with Crippen molar-refractivity contribution in [1.82, 2.24) is 9.62 Å². The molecule has 1 atom stereocenters. The van der Waals surface area contributed by atoms with Crippen LogP contribution in [0.25, 0.3) is 0 Å². The Morgan fingerprint density at radius 2 is 1.96 bits per heavy atom. The monoisotopic (exact) mass is 363 g/mol. The van der Waals surface area contributed by atoms with Gasteiger partial charge in [0.05, 0.1) is 4.92 Å². The summed E-state index contributed by atoms with van der Waals surface area (Å²) in [7, 11) is -2.03. The van der Waals surface area contributed by atoms with Crippen molar-refractivity contribution in [2.24, 2.45) is 5.92 Å². The lowest BCUT2D eigenvalue weighted by Crippen LogP contribution is -2.31. The lowest BCUT2D eigenvalue weighted by Gasteiger charge is -2.18. The average Bonchev–Trinajstić information content (AvgIpc) is 2.90. The molecule has 1 heterocycles. The number of nitro benzene ring substituents is 1. The number of nitro groups is 1. The Hall–Kier alpha value is -1.22. The van der Waals surface area contributed by atoms with Gasteiger partial charge in [-0.05, 0) is 45.3 Å². The van der Waals surface area contributed by atoms with Crippen molar-refractivity contribution < 1.29 is 13.3 Å². The predicted molar refractivity (Wildman–Crippen MR) is 90.6 cm³/mol. The molecule has 0 amide bonds. The van der Waals surface area contributed by atoms with Crippen LogP contribution in [0, 0.1) is 29.9 Å². The lowest BCUT2D eigenvalue weighted by atomic mass is 10.1. The fourth-order valence-electron chi connectivity index (χ4n) is 2.92. The molecule has 0 spiro atoms. The standard InChI is InChI=1S/C14H21N3O4S.ClH/c1-10-4-5-11(2)14(13(10)17(18)19)22(20,21)16-7-6-12(9-16)8-15-3;/h4-5,12,15H,6-9H2,1-3H3;1H. The minimum atomic E-state index is -3.85. The van der Waals surface area contributed by atoms with E-state index in [1.165, 1.54) is 4.31 Å². The van der Waals surface area contributed by atoms with Crippen LogP contribution in [0.3, 0.4) is 0 Å². The van der Waals surface area contributed by atoms with E-state index in [4.69, 9.17) is 0 Å². The van der Waals surface area contributed by atoms with Crippen LogP contribution < -0.4 is 5.32 Å². The summed E-state index contributed by atoms with van der Waals surface area (Å²) in [4.78, 5) is 10.6. The van der Waals surface area contributed by atoms with Crippen molar-refractivity contribution >= 4 is 28.1 Å². The third kappa shape index (κ3) is 3.82. The fourth-order valence-corrected chi connectivity index (χ4v) is 4.89. The molecule has 1 aliphatic rings. The Balaban J connectivity index is 0.00000264. The Kier molecular flexibility index (Phi) is 6.52. The second-order valence-electron chi connectivity index (χ2n) is 5.71. The Labute approximate surface area is 142 Å². The second-order valence-corrected chi connectivity index (χ2v) is 7.58. The van der Waals surface area contributed by atoms with Gasteiger partial charge in [0, 0.05) is 18.7 Å². The SMILES string of the molecule is CNCC1CCN(S(=O)(=O)c2c(C)ccc(C)c2[N+](=O)[O-])C1.Cl. The van der Waals surface area contributed by atoms with Crippen molar-refractivity contribution in [3.8, 4) is 0 Å². The Morgan fingerprint density at radius 1 is 1.35 bits per heavy atom. The van der Waals surface area contributed by atoms with Gasteiger partial charge in [0.25, 0.3) is 5.69 Å². The third-order valence-electron chi connectivity index (χ3n) is 4.05. The van der Waals surface area contributed by atoms with Gasteiger partial charge < -0.3 is 5.32 Å². The zero-order chi connectivity index (χ0) is 16.5. The normalized spacial score (nSPS) is 18.7. The molecule has 0 aliphatic carbocycles. The first-order valence-corrected chi connectivity index (χ1v) is 8.62. The smallest absolute Gasteiger partial charge is 0.292 e. The van der Waals surface area contributed by atoms with Gasteiger partial charge in [-0.1, -0.05) is 12.1 Å². The van der Waals surface area contributed by atoms with Gasteiger partial charge in [-0.3, -0.25) is 10.1 Å². The Morgan fingerprint density at radius 3 is 2.52 bits per heavy atom. The van der Waals surface area contributed by atoms with Gasteiger partial charge in [-0.15, -0.1) is 12.4 Å². The van der Waals surface area contributed by atoms with E-state index in [1.54, 1.807) is 26.0 Å². The van der Waals surface area contributed by atoms with Gasteiger partial charge in [0.1, 0.15) is 0 Å². The number of rotatable bonds is 5. The van der Waals surface area contributed by atoms with Gasteiger partial charge in [0.2, 0.25) is 10.0 Å². The number of sulfonamides is 1. The number of nitrogens with one attached hydrogen (secondary N) is 1. The predicted octanol–water partition coefficient (Wildman–Crippen LogP) is 1.86. The lowest BCUT2D eigenvalue weighted by molar-refractivity contribution is -0.388. The van der Waals surface area contributed by atoms with Gasteiger partial charge >= 0.3 is 0 Å². The van der Waals surface area contributed by atoms with E-state index in [0.717, 1.165) is 13.0 Å². The largest absolute Gasteiger partial charge is 0.319 e. The van der Waals surface area contributed by atoms with E-state index in [9.17, 15) is 18.5 Å². The molecule has 1 fully saturated rings. The third-order valence-corrected chi connectivity index (χ3v) is 6.09. The van der Waals surface area contributed by atoms with Crippen LogP contribution in [-0.2, 0) is 10.0 Å². The summed E-state index contributed by atoms with van der Waals surface area (Å²) in [6, 6.07) is 3.21. The van der Waals surface area contributed by atoms with Crippen LogP contribution in [-0.4, -0.2) is 44.3 Å². The van der Waals surface area contributed by atoms with Gasteiger partial charge in [-0.25, -0.2) is 8.42 Å². The molecule has 1 aliphatic heterocycles. The van der Waals surface area contributed by atoms with Crippen molar-refractivity contribution in [1.29, 1.82) is 0 Å². The molecule has 1 saturated heterocycles. The van der Waals surface area contributed by atoms with E-state index in [1.807, 2.05) is 7.05 Å². The molecule has 23 heavy (non-hydrogen) atoms. The highest BCUT2D eigenvalue weighted by molar-refractivity contribution is 7.89. The molecule has 1 aromatic carbocycles. The van der Waals surface area contributed by atoms with Gasteiger partial charge in [0.15, 0.2) is 4.90 Å². The topological polar surface area (TPSA) is 92.6 Å². The molecule has 130 valence electrons. The van der Waals surface area contributed by atoms with Crippen LogP contribution in [0.15, 0.2) is 17.0 Å². The minimum Gasteiger partial charge on any atom is -0.319 e.